The van der Waals surface area contributed by atoms with Gasteiger partial charge >= 0.3 is 10.4 Å². The minimum absolute atomic E-state index is 0.229. The van der Waals surface area contributed by atoms with Gasteiger partial charge in [0.2, 0.25) is 0 Å². The van der Waals surface area contributed by atoms with Crippen LogP contribution in [0.5, 0.6) is 5.88 Å². The molecule has 56 valence electrons. The highest BCUT2D eigenvalue weighted by Crippen LogP contribution is 2.07. The molecule has 0 saturated heterocycles. The van der Waals surface area contributed by atoms with Crippen molar-refractivity contribution in [3.8, 4) is 5.88 Å². The molecule has 8 heteroatoms. The lowest BCUT2D eigenvalue weighted by Gasteiger charge is -1.91. The van der Waals surface area contributed by atoms with E-state index in [2.05, 4.69) is 13.8 Å². The lowest BCUT2D eigenvalue weighted by atomic mass is 10.9. The van der Waals surface area contributed by atoms with Crippen LogP contribution in [-0.4, -0.2) is 22.6 Å². The molecule has 0 aliphatic carbocycles. The Morgan fingerprint density at radius 3 is 2.80 bits per heavy atom. The van der Waals surface area contributed by atoms with Gasteiger partial charge in [0, 0.05) is 0 Å². The standard InChI is InChI=1S/C2H2N2O4S2/c5-10(6,7)8-2-1-9-4-3-2/h1H,(H,5,6,7). The van der Waals surface area contributed by atoms with E-state index in [1.165, 1.54) is 5.38 Å². The Morgan fingerprint density at radius 2 is 2.40 bits per heavy atom. The summed E-state index contributed by atoms with van der Waals surface area (Å²) in [5.74, 6) is -0.229. The molecule has 1 heterocycles. The smallest absolute Gasteiger partial charge is 0.338 e. The summed E-state index contributed by atoms with van der Waals surface area (Å²) in [6.07, 6.45) is 0. The van der Waals surface area contributed by atoms with E-state index in [1.54, 1.807) is 0 Å². The van der Waals surface area contributed by atoms with E-state index in [4.69, 9.17) is 4.55 Å². The molecule has 1 rings (SSSR count). The van der Waals surface area contributed by atoms with Crippen molar-refractivity contribution in [2.45, 2.75) is 0 Å². The highest BCUT2D eigenvalue weighted by molar-refractivity contribution is 7.81. The van der Waals surface area contributed by atoms with Crippen molar-refractivity contribution >= 4 is 21.9 Å². The Morgan fingerprint density at radius 1 is 1.70 bits per heavy atom. The maximum absolute atomic E-state index is 9.97. The Bertz CT molecular complexity index is 289. The lowest BCUT2D eigenvalue weighted by Crippen LogP contribution is -2.06. The van der Waals surface area contributed by atoms with Crippen molar-refractivity contribution in [3.63, 3.8) is 0 Å². The molecule has 0 bridgehead atoms. The van der Waals surface area contributed by atoms with Gasteiger partial charge in [0.1, 0.15) is 0 Å². The average Bonchev–Trinajstić information content (AvgIpc) is 2.12. The first-order valence-electron chi connectivity index (χ1n) is 2.02. The van der Waals surface area contributed by atoms with Crippen LogP contribution >= 0.6 is 11.5 Å². The molecule has 0 fully saturated rings. The summed E-state index contributed by atoms with van der Waals surface area (Å²) < 4.78 is 35.2. The fraction of sp³-hybridized carbons (Fsp3) is 0. The fourth-order valence-electron chi connectivity index (χ4n) is 0.300. The van der Waals surface area contributed by atoms with Gasteiger partial charge in [0.15, 0.2) is 0 Å². The third-order valence-electron chi connectivity index (χ3n) is 0.531. The zero-order chi connectivity index (χ0) is 7.61. The van der Waals surface area contributed by atoms with Gasteiger partial charge in [-0.1, -0.05) is 9.59 Å². The van der Waals surface area contributed by atoms with Gasteiger partial charge in [-0.15, -0.1) is 0 Å². The van der Waals surface area contributed by atoms with E-state index < -0.39 is 10.4 Å². The molecule has 0 saturated carbocycles. The third-order valence-corrected chi connectivity index (χ3v) is 1.40. The monoisotopic (exact) mass is 182 g/mol. The maximum Gasteiger partial charge on any atom is 0.448 e. The molecule has 6 nitrogen and oxygen atoms in total. The minimum atomic E-state index is -4.44. The topological polar surface area (TPSA) is 89.4 Å². The summed E-state index contributed by atoms with van der Waals surface area (Å²) in [6.45, 7) is 0. The van der Waals surface area contributed by atoms with Gasteiger partial charge in [0.25, 0.3) is 5.88 Å². The van der Waals surface area contributed by atoms with Crippen LogP contribution in [0.3, 0.4) is 0 Å². The van der Waals surface area contributed by atoms with Crippen LogP contribution in [0.2, 0.25) is 0 Å². The second-order valence-corrected chi connectivity index (χ2v) is 2.89. The van der Waals surface area contributed by atoms with Crippen LogP contribution in [0, 0.1) is 0 Å². The quantitative estimate of drug-likeness (QED) is 0.632. The van der Waals surface area contributed by atoms with E-state index in [1.807, 2.05) is 0 Å². The van der Waals surface area contributed by atoms with Crippen LogP contribution in [-0.2, 0) is 10.4 Å². The van der Waals surface area contributed by atoms with E-state index in [9.17, 15) is 8.42 Å². The SMILES string of the molecule is O=S(=O)(O)Oc1csnn1. The lowest BCUT2D eigenvalue weighted by molar-refractivity contribution is 0.380. The molecule has 1 N–H and O–H groups in total. The first-order valence-corrected chi connectivity index (χ1v) is 4.22. The summed E-state index contributed by atoms with van der Waals surface area (Å²) in [7, 11) is -4.44. The van der Waals surface area contributed by atoms with Gasteiger partial charge in [-0.2, -0.15) is 8.42 Å². The van der Waals surface area contributed by atoms with Crippen molar-refractivity contribution < 1.29 is 17.2 Å². The number of hydrogen-bond donors (Lipinski definition) is 1. The third kappa shape index (κ3) is 2.25. The van der Waals surface area contributed by atoms with Crippen LogP contribution in [0.1, 0.15) is 0 Å². The Hall–Kier alpha value is -0.730. The molecule has 0 aliphatic rings. The summed E-state index contributed by atoms with van der Waals surface area (Å²) in [5.41, 5.74) is 0. The van der Waals surface area contributed by atoms with Crippen LogP contribution < -0.4 is 4.18 Å². The number of rotatable bonds is 2. The van der Waals surface area contributed by atoms with E-state index in [-0.39, 0.29) is 5.88 Å². The maximum atomic E-state index is 9.97. The second kappa shape index (κ2) is 2.48. The van der Waals surface area contributed by atoms with Gasteiger partial charge in [-0.25, -0.2) is 0 Å². The van der Waals surface area contributed by atoms with Crippen LogP contribution in [0.15, 0.2) is 5.38 Å². The summed E-state index contributed by atoms with van der Waals surface area (Å²) in [4.78, 5) is 0. The second-order valence-electron chi connectivity index (χ2n) is 1.25. The molecule has 0 atom stereocenters. The molecule has 1 aromatic heterocycles. The fourth-order valence-corrected chi connectivity index (χ4v) is 1.02. The molecule has 0 amide bonds. The van der Waals surface area contributed by atoms with Gasteiger partial charge in [0.05, 0.1) is 5.38 Å². The van der Waals surface area contributed by atoms with Crippen LogP contribution in [0.4, 0.5) is 0 Å². The molecule has 10 heavy (non-hydrogen) atoms. The van der Waals surface area contributed by atoms with E-state index in [0.29, 0.717) is 0 Å². The van der Waals surface area contributed by atoms with Crippen molar-refractivity contribution in [1.29, 1.82) is 0 Å². The predicted octanol–water partition coefficient (Wildman–Crippen LogP) is -0.280. The van der Waals surface area contributed by atoms with Crippen molar-refractivity contribution in [1.82, 2.24) is 9.59 Å². The zero-order valence-corrected chi connectivity index (χ0v) is 6.09. The molecular weight excluding hydrogens is 180 g/mol. The molecule has 0 aliphatic heterocycles. The van der Waals surface area contributed by atoms with Gasteiger partial charge in [-0.05, 0) is 11.5 Å². The first kappa shape index (κ1) is 7.38. The largest absolute Gasteiger partial charge is 0.448 e. The summed E-state index contributed by atoms with van der Waals surface area (Å²) in [5, 5.41) is 4.45. The first-order chi connectivity index (χ1) is 4.58. The summed E-state index contributed by atoms with van der Waals surface area (Å²) >= 11 is 0.919. The average molecular weight is 182 g/mol. The van der Waals surface area contributed by atoms with Gasteiger partial charge < -0.3 is 4.18 Å². The molecular formula is C2H2N2O4S2. The van der Waals surface area contributed by atoms with Crippen molar-refractivity contribution in [2.75, 3.05) is 0 Å². The van der Waals surface area contributed by atoms with Crippen LogP contribution in [0.25, 0.3) is 0 Å². The van der Waals surface area contributed by atoms with E-state index in [0.717, 1.165) is 11.5 Å². The normalized spacial score (nSPS) is 11.3. The number of aromatic nitrogens is 2. The molecule has 0 radical (unpaired) electrons. The number of hydrogen-bond acceptors (Lipinski definition) is 6. The molecule has 0 aromatic carbocycles. The predicted molar refractivity (Wildman–Crippen MR) is 32.1 cm³/mol. The van der Waals surface area contributed by atoms with E-state index >= 15 is 0 Å². The minimum Gasteiger partial charge on any atom is -0.338 e. The Labute approximate surface area is 60.6 Å². The summed E-state index contributed by atoms with van der Waals surface area (Å²) in [6, 6.07) is 0. The van der Waals surface area contributed by atoms with Crippen molar-refractivity contribution in [3.05, 3.63) is 5.38 Å². The highest BCUT2D eigenvalue weighted by Gasteiger charge is 2.07. The number of nitrogens with zero attached hydrogens (tertiary/aromatic N) is 2. The molecule has 0 unspecified atom stereocenters. The van der Waals surface area contributed by atoms with Crippen molar-refractivity contribution in [2.24, 2.45) is 0 Å². The molecule has 1 aromatic rings. The Balaban J connectivity index is 2.75. The Kier molecular flexibility index (Phi) is 1.83. The van der Waals surface area contributed by atoms with Gasteiger partial charge in [-0.3, -0.25) is 4.55 Å². The highest BCUT2D eigenvalue weighted by atomic mass is 32.3. The molecule has 0 spiro atoms. The zero-order valence-electron chi connectivity index (χ0n) is 4.46.